The molecule has 0 bridgehead atoms. The maximum Gasteiger partial charge on any atom is 0.252 e. The molecule has 1 unspecified atom stereocenters. The number of fused-ring (bicyclic) bond motifs is 2. The SMILES string of the molecule is O=C([C@@H]1CCCO1)N1CCC[C@H]1c1nc2ccc(C3CC[C@H](c4ccc5nc([C@@H]6CCCN6C(=O)[C@@H]6CCCO6)[nH]c5c4)N3c3cc(F)c(N4CCC(c5ccccc5)CC4)c(F)c3)cc2[nH]1. The fraction of sp³-hybridized carbons (Fsp3) is 0.472. The van der Waals surface area contributed by atoms with Crippen LogP contribution in [0, 0.1) is 11.6 Å². The molecule has 2 aromatic heterocycles. The number of rotatable bonds is 9. The number of piperidine rings is 1. The van der Waals surface area contributed by atoms with Gasteiger partial charge in [0, 0.05) is 45.1 Å². The number of carbonyl (C=O) groups excluding carboxylic acids is 2. The predicted molar refractivity (Wildman–Crippen MR) is 252 cm³/mol. The van der Waals surface area contributed by atoms with E-state index in [9.17, 15) is 9.59 Å². The quantitative estimate of drug-likeness (QED) is 0.147. The van der Waals surface area contributed by atoms with Gasteiger partial charge in [0.15, 0.2) is 11.6 Å². The Morgan fingerprint density at radius 1 is 0.552 bits per heavy atom. The average Bonchev–Trinajstić information content (AvgIpc) is 4.20. The van der Waals surface area contributed by atoms with E-state index in [4.69, 9.17) is 19.4 Å². The van der Waals surface area contributed by atoms with Crippen LogP contribution in [0.3, 0.4) is 0 Å². The number of hydrogen-bond acceptors (Lipinski definition) is 8. The van der Waals surface area contributed by atoms with Crippen molar-refractivity contribution in [3.8, 4) is 0 Å². The average molecular weight is 909 g/mol. The molecule has 6 aliphatic heterocycles. The lowest BCUT2D eigenvalue weighted by Crippen LogP contribution is -2.38. The zero-order valence-corrected chi connectivity index (χ0v) is 37.8. The lowest BCUT2D eigenvalue weighted by Gasteiger charge is -2.36. The van der Waals surface area contributed by atoms with Crippen molar-refractivity contribution in [2.75, 3.05) is 49.2 Å². The van der Waals surface area contributed by atoms with Crippen LogP contribution in [-0.2, 0) is 19.1 Å². The first-order valence-electron chi connectivity index (χ1n) is 24.7. The van der Waals surface area contributed by atoms with Crippen LogP contribution in [0.1, 0.15) is 135 Å². The van der Waals surface area contributed by atoms with Crippen LogP contribution in [-0.4, -0.2) is 93.2 Å². The van der Waals surface area contributed by atoms with Crippen LogP contribution in [0.5, 0.6) is 0 Å². The topological polar surface area (TPSA) is 123 Å². The Morgan fingerprint density at radius 3 is 1.57 bits per heavy atom. The second-order valence-corrected chi connectivity index (χ2v) is 19.6. The Balaban J connectivity index is 0.864. The van der Waals surface area contributed by atoms with Crippen LogP contribution >= 0.6 is 0 Å². The molecule has 6 atom stereocenters. The lowest BCUT2D eigenvalue weighted by molar-refractivity contribution is -0.142. The van der Waals surface area contributed by atoms with Gasteiger partial charge in [-0.1, -0.05) is 42.5 Å². The molecular formula is C53H58F2N8O4. The zero-order chi connectivity index (χ0) is 45.2. The highest BCUT2D eigenvalue weighted by molar-refractivity contribution is 5.83. The number of aromatic nitrogens is 4. The highest BCUT2D eigenvalue weighted by Gasteiger charge is 2.41. The number of aromatic amines is 2. The molecule has 0 radical (unpaired) electrons. The second-order valence-electron chi connectivity index (χ2n) is 19.6. The number of H-pyrrole nitrogens is 2. The summed E-state index contributed by atoms with van der Waals surface area (Å²) in [5, 5.41) is 0. The summed E-state index contributed by atoms with van der Waals surface area (Å²) in [6.07, 6.45) is 9.15. The molecule has 0 aliphatic carbocycles. The van der Waals surface area contributed by atoms with Gasteiger partial charge in [-0.05, 0) is 136 Å². The molecule has 4 aromatic carbocycles. The summed E-state index contributed by atoms with van der Waals surface area (Å²) in [5.41, 5.74) is 7.18. The fourth-order valence-electron chi connectivity index (χ4n) is 12.4. The minimum Gasteiger partial charge on any atom is -0.368 e. The molecule has 6 fully saturated rings. The number of likely N-dealkylation sites (tertiary alicyclic amines) is 2. The summed E-state index contributed by atoms with van der Waals surface area (Å²) < 4.78 is 45.0. The molecule has 14 heteroatoms. The number of halogens is 2. The Labute approximate surface area is 389 Å². The van der Waals surface area contributed by atoms with Crippen LogP contribution in [0.2, 0.25) is 0 Å². The number of nitrogens with one attached hydrogen (secondary N) is 2. The molecule has 348 valence electrons. The van der Waals surface area contributed by atoms with Crippen molar-refractivity contribution in [2.45, 2.75) is 119 Å². The Hall–Kier alpha value is -5.86. The van der Waals surface area contributed by atoms with Gasteiger partial charge in [0.2, 0.25) is 0 Å². The number of ether oxygens (including phenoxy) is 2. The van der Waals surface area contributed by atoms with Gasteiger partial charge in [-0.15, -0.1) is 0 Å². The van der Waals surface area contributed by atoms with Gasteiger partial charge in [-0.25, -0.2) is 18.7 Å². The standard InChI is InChI=1S/C53H58F2N8O4/c54-37-30-36(31-38(55)49(37)60-24-20-33(21-25-60)32-8-2-1-3-9-32)63-43(34-14-16-39-41(28-34)58-50(56-39)45-10-4-22-61(45)52(64)47-12-6-26-66-47)18-19-44(63)35-15-17-40-42(29-35)59-51(57-40)46-11-5-23-62(46)53(65)48-13-7-27-67-48/h1-3,8-9,14-17,28-31,33,43-48H,4-7,10-13,18-27H2,(H,56,58)(H,57,59)/t43-,44?,45+,46+,47+,48+/m1/s1. The summed E-state index contributed by atoms with van der Waals surface area (Å²) in [6.45, 7) is 3.75. The van der Waals surface area contributed by atoms with Crippen molar-refractivity contribution in [3.05, 3.63) is 119 Å². The van der Waals surface area contributed by atoms with Crippen molar-refractivity contribution in [2.24, 2.45) is 0 Å². The third-order valence-electron chi connectivity index (χ3n) is 15.7. The zero-order valence-electron chi connectivity index (χ0n) is 37.8. The number of nitrogens with zero attached hydrogens (tertiary/aromatic N) is 6. The molecule has 0 saturated carbocycles. The van der Waals surface area contributed by atoms with Gasteiger partial charge in [0.25, 0.3) is 11.8 Å². The summed E-state index contributed by atoms with van der Waals surface area (Å²) in [7, 11) is 0. The summed E-state index contributed by atoms with van der Waals surface area (Å²) in [6, 6.07) is 25.2. The normalized spacial score (nSPS) is 26.0. The molecule has 0 spiro atoms. The molecule has 12 rings (SSSR count). The van der Waals surface area contributed by atoms with Crippen molar-refractivity contribution in [3.63, 3.8) is 0 Å². The van der Waals surface area contributed by atoms with Gasteiger partial charge in [0.1, 0.15) is 29.5 Å². The number of amides is 2. The van der Waals surface area contributed by atoms with E-state index in [1.807, 2.05) is 32.9 Å². The molecule has 6 aliphatic rings. The smallest absolute Gasteiger partial charge is 0.252 e. The van der Waals surface area contributed by atoms with Gasteiger partial charge in [-0.2, -0.15) is 0 Å². The largest absolute Gasteiger partial charge is 0.368 e. The van der Waals surface area contributed by atoms with E-state index in [0.29, 0.717) is 51.0 Å². The number of benzene rings is 4. The van der Waals surface area contributed by atoms with Crippen LogP contribution in [0.4, 0.5) is 20.2 Å². The van der Waals surface area contributed by atoms with E-state index in [1.54, 1.807) is 0 Å². The van der Waals surface area contributed by atoms with Crippen LogP contribution < -0.4 is 9.80 Å². The predicted octanol–water partition coefficient (Wildman–Crippen LogP) is 9.87. The van der Waals surface area contributed by atoms with E-state index in [2.05, 4.69) is 63.4 Å². The minimum absolute atomic E-state index is 0.0400. The van der Waals surface area contributed by atoms with Crippen molar-refractivity contribution in [1.29, 1.82) is 0 Å². The van der Waals surface area contributed by atoms with E-state index >= 15 is 8.78 Å². The van der Waals surface area contributed by atoms with E-state index in [1.165, 1.54) is 17.7 Å². The van der Waals surface area contributed by atoms with Crippen LogP contribution in [0.15, 0.2) is 78.9 Å². The van der Waals surface area contributed by atoms with Crippen molar-refractivity contribution < 1.29 is 27.8 Å². The highest BCUT2D eigenvalue weighted by atomic mass is 19.1. The monoisotopic (exact) mass is 908 g/mol. The maximum absolute atomic E-state index is 16.7. The number of imidazole rings is 2. The third kappa shape index (κ3) is 7.83. The van der Waals surface area contributed by atoms with E-state index in [-0.39, 0.29) is 53.9 Å². The maximum atomic E-state index is 16.7. The first kappa shape index (κ1) is 42.5. The summed E-state index contributed by atoms with van der Waals surface area (Å²) in [4.78, 5) is 52.2. The van der Waals surface area contributed by atoms with E-state index < -0.39 is 11.6 Å². The number of carbonyl (C=O) groups is 2. The Kier molecular flexibility index (Phi) is 11.2. The third-order valence-corrected chi connectivity index (χ3v) is 15.7. The molecule has 2 N–H and O–H groups in total. The summed E-state index contributed by atoms with van der Waals surface area (Å²) in [5.74, 6) is 0.881. The second kappa shape index (κ2) is 17.7. The molecule has 6 saturated heterocycles. The lowest BCUT2D eigenvalue weighted by atomic mass is 9.89. The summed E-state index contributed by atoms with van der Waals surface area (Å²) >= 11 is 0. The fourth-order valence-corrected chi connectivity index (χ4v) is 12.4. The Morgan fingerprint density at radius 2 is 1.07 bits per heavy atom. The van der Waals surface area contributed by atoms with Gasteiger partial charge in [-0.3, -0.25) is 9.59 Å². The highest BCUT2D eigenvalue weighted by Crippen LogP contribution is 2.49. The van der Waals surface area contributed by atoms with Gasteiger partial charge < -0.3 is 39.0 Å². The molecule has 2 amide bonds. The first-order chi connectivity index (χ1) is 32.8. The molecule has 6 aromatic rings. The minimum atomic E-state index is -0.558. The first-order valence-corrected chi connectivity index (χ1v) is 24.7. The van der Waals surface area contributed by atoms with Gasteiger partial charge >= 0.3 is 0 Å². The molecular weight excluding hydrogens is 851 g/mol. The van der Waals surface area contributed by atoms with Crippen molar-refractivity contribution >= 4 is 45.3 Å². The Bertz CT molecular complexity index is 2640. The van der Waals surface area contributed by atoms with Crippen LogP contribution in [0.25, 0.3) is 22.1 Å². The molecule has 8 heterocycles. The van der Waals surface area contributed by atoms with Crippen molar-refractivity contribution in [1.82, 2.24) is 29.7 Å². The molecule has 67 heavy (non-hydrogen) atoms. The molecule has 12 nitrogen and oxygen atoms in total. The number of hydrogen-bond donors (Lipinski definition) is 2. The van der Waals surface area contributed by atoms with E-state index in [0.717, 1.165) is 122 Å². The van der Waals surface area contributed by atoms with Gasteiger partial charge in [0.05, 0.1) is 46.2 Å². The number of anilines is 2.